The summed E-state index contributed by atoms with van der Waals surface area (Å²) in [5.41, 5.74) is 1.68. The van der Waals surface area contributed by atoms with Crippen LogP contribution in [0.1, 0.15) is 22.3 Å². The van der Waals surface area contributed by atoms with Gasteiger partial charge in [0.1, 0.15) is 6.29 Å². The number of aldehydes is 1. The van der Waals surface area contributed by atoms with Gasteiger partial charge in [-0.05, 0) is 36.6 Å². The van der Waals surface area contributed by atoms with E-state index < -0.39 is 0 Å². The molecule has 1 aromatic rings. The van der Waals surface area contributed by atoms with Gasteiger partial charge in [0, 0.05) is 11.5 Å². The summed E-state index contributed by atoms with van der Waals surface area (Å²) >= 11 is 0. The molecule has 0 saturated heterocycles. The summed E-state index contributed by atoms with van der Waals surface area (Å²) in [7, 11) is 3.12. The van der Waals surface area contributed by atoms with E-state index in [0.717, 1.165) is 11.8 Å². The van der Waals surface area contributed by atoms with Crippen LogP contribution in [0.15, 0.2) is 24.3 Å². The molecule has 0 bridgehead atoms. The third-order valence-electron chi connectivity index (χ3n) is 3.35. The molecule has 1 aliphatic carbocycles. The molecule has 0 radical (unpaired) electrons. The van der Waals surface area contributed by atoms with Crippen LogP contribution in [0.5, 0.6) is 11.5 Å². The van der Waals surface area contributed by atoms with Crippen LogP contribution in [-0.4, -0.2) is 26.3 Å². The minimum Gasteiger partial charge on any atom is -0.493 e. The van der Waals surface area contributed by atoms with Gasteiger partial charge in [-0.15, -0.1) is 0 Å². The van der Waals surface area contributed by atoms with Crippen molar-refractivity contribution in [1.82, 2.24) is 0 Å². The molecule has 1 aromatic carbocycles. The van der Waals surface area contributed by atoms with Gasteiger partial charge >= 0.3 is 0 Å². The Morgan fingerprint density at radius 2 is 1.95 bits per heavy atom. The van der Waals surface area contributed by atoms with E-state index in [9.17, 15) is 9.59 Å². The van der Waals surface area contributed by atoms with Crippen LogP contribution in [0.3, 0.4) is 0 Å². The molecule has 0 amide bonds. The third-order valence-corrected chi connectivity index (χ3v) is 3.35. The van der Waals surface area contributed by atoms with Crippen molar-refractivity contribution in [3.8, 4) is 11.5 Å². The topological polar surface area (TPSA) is 52.6 Å². The van der Waals surface area contributed by atoms with Gasteiger partial charge in [0.15, 0.2) is 17.3 Å². The zero-order valence-electron chi connectivity index (χ0n) is 11.0. The predicted molar refractivity (Wildman–Crippen MR) is 70.9 cm³/mol. The lowest BCUT2D eigenvalue weighted by molar-refractivity contribution is -0.104. The Kier molecular flexibility index (Phi) is 4.00. The summed E-state index contributed by atoms with van der Waals surface area (Å²) in [6.07, 6.45) is 5.14. The Morgan fingerprint density at radius 3 is 2.58 bits per heavy atom. The lowest BCUT2D eigenvalue weighted by Gasteiger charge is -2.09. The second kappa shape index (κ2) is 5.69. The number of carbonyl (C=O) groups excluding carboxylic acids is 2. The molecule has 2 rings (SSSR count). The number of Topliss-reactive ketones (excluding diaryl/α,β-unsaturated/α-hetero) is 1. The minimum absolute atomic E-state index is 0.0944. The molecule has 0 saturated carbocycles. The van der Waals surface area contributed by atoms with Gasteiger partial charge in [-0.2, -0.15) is 0 Å². The Labute approximate surface area is 112 Å². The Hall–Kier alpha value is -2.10. The number of hydrogen-bond donors (Lipinski definition) is 0. The molecule has 0 fully saturated rings. The molecule has 1 atom stereocenters. The number of ketones is 1. The average Bonchev–Trinajstić information content (AvgIpc) is 2.74. The zero-order chi connectivity index (χ0) is 13.8. The average molecular weight is 260 g/mol. The first-order chi connectivity index (χ1) is 9.21. The lowest BCUT2D eigenvalue weighted by atomic mass is 10.0. The molecule has 0 spiro atoms. The number of fused-ring (bicyclic) bond motifs is 1. The Bertz CT molecular complexity index is 531. The highest BCUT2D eigenvalue weighted by Gasteiger charge is 2.31. The first-order valence-corrected chi connectivity index (χ1v) is 6.10. The normalized spacial score (nSPS) is 17.6. The number of benzene rings is 1. The standard InChI is InChI=1S/C15H16O4/c1-18-13-8-11-7-10(5-3-4-6-16)15(17)12(11)9-14(13)19-2/h3-4,6,8-10H,5,7H2,1-2H3. The summed E-state index contributed by atoms with van der Waals surface area (Å²) in [5, 5.41) is 0. The maximum atomic E-state index is 12.2. The van der Waals surface area contributed by atoms with Crippen LogP contribution in [-0.2, 0) is 11.2 Å². The van der Waals surface area contributed by atoms with Crippen LogP contribution in [0, 0.1) is 5.92 Å². The Balaban J connectivity index is 2.27. The predicted octanol–water partition coefficient (Wildman–Crippen LogP) is 2.20. The lowest BCUT2D eigenvalue weighted by Crippen LogP contribution is -2.07. The molecule has 1 aliphatic rings. The van der Waals surface area contributed by atoms with E-state index in [4.69, 9.17) is 9.47 Å². The van der Waals surface area contributed by atoms with E-state index in [2.05, 4.69) is 0 Å². The van der Waals surface area contributed by atoms with Gasteiger partial charge in [-0.3, -0.25) is 9.59 Å². The quantitative estimate of drug-likeness (QED) is 0.601. The fourth-order valence-corrected chi connectivity index (χ4v) is 2.39. The van der Waals surface area contributed by atoms with Crippen LogP contribution in [0.2, 0.25) is 0 Å². The van der Waals surface area contributed by atoms with Crippen molar-refractivity contribution in [3.63, 3.8) is 0 Å². The van der Waals surface area contributed by atoms with Crippen LogP contribution in [0.4, 0.5) is 0 Å². The maximum Gasteiger partial charge on any atom is 0.167 e. The third kappa shape index (κ3) is 2.52. The monoisotopic (exact) mass is 260 g/mol. The molecule has 4 nitrogen and oxygen atoms in total. The number of ether oxygens (including phenoxy) is 2. The van der Waals surface area contributed by atoms with Gasteiger partial charge in [-0.25, -0.2) is 0 Å². The summed E-state index contributed by atoms with van der Waals surface area (Å²) in [5.74, 6) is 1.21. The molecule has 4 heteroatoms. The highest BCUT2D eigenvalue weighted by Crippen LogP contribution is 2.37. The molecule has 100 valence electrons. The zero-order valence-corrected chi connectivity index (χ0v) is 11.0. The number of hydrogen-bond acceptors (Lipinski definition) is 4. The number of rotatable bonds is 5. The molecule has 19 heavy (non-hydrogen) atoms. The van der Waals surface area contributed by atoms with E-state index >= 15 is 0 Å². The largest absolute Gasteiger partial charge is 0.493 e. The van der Waals surface area contributed by atoms with Crippen molar-refractivity contribution in [2.75, 3.05) is 14.2 Å². The number of methoxy groups -OCH3 is 2. The van der Waals surface area contributed by atoms with Crippen molar-refractivity contribution < 1.29 is 19.1 Å². The van der Waals surface area contributed by atoms with Crippen molar-refractivity contribution in [1.29, 1.82) is 0 Å². The van der Waals surface area contributed by atoms with E-state index in [-0.39, 0.29) is 11.7 Å². The fourth-order valence-electron chi connectivity index (χ4n) is 2.39. The molecule has 0 N–H and O–H groups in total. The second-order valence-electron chi connectivity index (χ2n) is 4.43. The number of carbonyl (C=O) groups is 2. The molecule has 0 heterocycles. The smallest absolute Gasteiger partial charge is 0.167 e. The van der Waals surface area contributed by atoms with Gasteiger partial charge < -0.3 is 9.47 Å². The van der Waals surface area contributed by atoms with E-state index in [1.807, 2.05) is 6.07 Å². The van der Waals surface area contributed by atoms with Gasteiger partial charge in [0.05, 0.1) is 14.2 Å². The molecule has 1 unspecified atom stereocenters. The highest BCUT2D eigenvalue weighted by atomic mass is 16.5. The van der Waals surface area contributed by atoms with E-state index in [0.29, 0.717) is 29.9 Å². The van der Waals surface area contributed by atoms with Crippen LogP contribution in [0.25, 0.3) is 0 Å². The summed E-state index contributed by atoms with van der Waals surface area (Å²) in [6.45, 7) is 0. The maximum absolute atomic E-state index is 12.2. The van der Waals surface area contributed by atoms with Crippen LogP contribution < -0.4 is 9.47 Å². The van der Waals surface area contributed by atoms with Gasteiger partial charge in [0.25, 0.3) is 0 Å². The van der Waals surface area contributed by atoms with Crippen molar-refractivity contribution in [2.24, 2.45) is 5.92 Å². The van der Waals surface area contributed by atoms with E-state index in [1.54, 1.807) is 26.4 Å². The van der Waals surface area contributed by atoms with Crippen LogP contribution >= 0.6 is 0 Å². The van der Waals surface area contributed by atoms with E-state index in [1.165, 1.54) is 6.08 Å². The second-order valence-corrected chi connectivity index (χ2v) is 4.43. The highest BCUT2D eigenvalue weighted by molar-refractivity contribution is 6.03. The summed E-state index contributed by atoms with van der Waals surface area (Å²) < 4.78 is 10.4. The van der Waals surface area contributed by atoms with Crippen molar-refractivity contribution in [2.45, 2.75) is 12.8 Å². The molecular weight excluding hydrogens is 244 g/mol. The number of allylic oxidation sites excluding steroid dienone is 2. The van der Waals surface area contributed by atoms with Gasteiger partial charge in [-0.1, -0.05) is 6.08 Å². The van der Waals surface area contributed by atoms with Crippen molar-refractivity contribution >= 4 is 12.1 Å². The first-order valence-electron chi connectivity index (χ1n) is 6.10. The molecule has 0 aliphatic heterocycles. The SMILES string of the molecule is COc1cc2c(cc1OC)C(=O)C(CC=CC=O)C2. The summed E-state index contributed by atoms with van der Waals surface area (Å²) in [6, 6.07) is 3.59. The van der Waals surface area contributed by atoms with Crippen molar-refractivity contribution in [3.05, 3.63) is 35.4 Å². The molecule has 0 aromatic heterocycles. The fraction of sp³-hybridized carbons (Fsp3) is 0.333. The summed E-state index contributed by atoms with van der Waals surface area (Å²) in [4.78, 5) is 22.5. The first kappa shape index (κ1) is 13.3. The minimum atomic E-state index is -0.0944. The Morgan fingerprint density at radius 1 is 1.26 bits per heavy atom. The van der Waals surface area contributed by atoms with Gasteiger partial charge in [0.2, 0.25) is 0 Å². The molecular formula is C15H16O4.